The summed E-state index contributed by atoms with van der Waals surface area (Å²) in [5.74, 6) is -0.322. The van der Waals surface area contributed by atoms with Crippen molar-refractivity contribution in [3.8, 4) is 5.75 Å². The van der Waals surface area contributed by atoms with Crippen molar-refractivity contribution in [3.05, 3.63) is 29.8 Å². The molecule has 0 aliphatic heterocycles. The SMILES string of the molecule is COC(=O)C(C)C(C)(O)Cc1ccccc1OC. The fourth-order valence-electron chi connectivity index (χ4n) is 1.82. The molecule has 1 aromatic carbocycles. The number of para-hydroxylation sites is 1. The van der Waals surface area contributed by atoms with Gasteiger partial charge in [0.25, 0.3) is 0 Å². The molecule has 0 aliphatic rings. The second kappa shape index (κ2) is 5.87. The monoisotopic (exact) mass is 252 g/mol. The molecule has 4 nitrogen and oxygen atoms in total. The Morgan fingerprint density at radius 1 is 1.39 bits per heavy atom. The van der Waals surface area contributed by atoms with Crippen LogP contribution in [0.15, 0.2) is 24.3 Å². The lowest BCUT2D eigenvalue weighted by Crippen LogP contribution is -2.40. The highest BCUT2D eigenvalue weighted by atomic mass is 16.5. The number of esters is 1. The van der Waals surface area contributed by atoms with Crippen molar-refractivity contribution < 1.29 is 19.4 Å². The zero-order valence-electron chi connectivity index (χ0n) is 11.3. The van der Waals surface area contributed by atoms with E-state index in [1.54, 1.807) is 21.0 Å². The fraction of sp³-hybridized carbons (Fsp3) is 0.500. The van der Waals surface area contributed by atoms with Gasteiger partial charge in [0.05, 0.1) is 25.7 Å². The van der Waals surface area contributed by atoms with E-state index in [0.717, 1.165) is 5.56 Å². The van der Waals surface area contributed by atoms with E-state index in [1.165, 1.54) is 7.11 Å². The molecular formula is C14H20O4. The Balaban J connectivity index is 2.91. The average molecular weight is 252 g/mol. The molecule has 0 aromatic heterocycles. The molecule has 0 aliphatic carbocycles. The van der Waals surface area contributed by atoms with Crippen molar-refractivity contribution >= 4 is 5.97 Å². The van der Waals surface area contributed by atoms with E-state index in [9.17, 15) is 9.90 Å². The quantitative estimate of drug-likeness (QED) is 0.812. The molecule has 1 rings (SSSR count). The van der Waals surface area contributed by atoms with Gasteiger partial charge < -0.3 is 14.6 Å². The zero-order chi connectivity index (χ0) is 13.8. The van der Waals surface area contributed by atoms with Crippen LogP contribution in [0, 0.1) is 5.92 Å². The summed E-state index contributed by atoms with van der Waals surface area (Å²) in [6.45, 7) is 3.28. The van der Waals surface area contributed by atoms with Crippen molar-refractivity contribution in [2.45, 2.75) is 25.9 Å². The predicted molar refractivity (Wildman–Crippen MR) is 68.5 cm³/mol. The van der Waals surface area contributed by atoms with Crippen molar-refractivity contribution in [1.29, 1.82) is 0 Å². The van der Waals surface area contributed by atoms with Crippen molar-refractivity contribution in [2.24, 2.45) is 5.92 Å². The van der Waals surface area contributed by atoms with Gasteiger partial charge in [-0.1, -0.05) is 18.2 Å². The van der Waals surface area contributed by atoms with E-state index >= 15 is 0 Å². The molecule has 0 saturated heterocycles. The number of aliphatic hydroxyl groups is 1. The van der Waals surface area contributed by atoms with Crippen LogP contribution >= 0.6 is 0 Å². The van der Waals surface area contributed by atoms with Crippen LogP contribution < -0.4 is 4.74 Å². The van der Waals surface area contributed by atoms with Gasteiger partial charge in [0.1, 0.15) is 5.75 Å². The number of methoxy groups -OCH3 is 2. The fourth-order valence-corrected chi connectivity index (χ4v) is 1.82. The maximum Gasteiger partial charge on any atom is 0.311 e. The molecule has 0 amide bonds. The molecule has 2 atom stereocenters. The Kier molecular flexibility index (Phi) is 4.73. The summed E-state index contributed by atoms with van der Waals surface area (Å²) >= 11 is 0. The Morgan fingerprint density at radius 3 is 2.56 bits per heavy atom. The molecule has 0 spiro atoms. The number of carbonyl (C=O) groups is 1. The van der Waals surface area contributed by atoms with Gasteiger partial charge in [0, 0.05) is 6.42 Å². The average Bonchev–Trinajstić information content (AvgIpc) is 2.37. The topological polar surface area (TPSA) is 55.8 Å². The maximum absolute atomic E-state index is 11.5. The first-order valence-corrected chi connectivity index (χ1v) is 5.84. The summed E-state index contributed by atoms with van der Waals surface area (Å²) in [6.07, 6.45) is 0.327. The summed E-state index contributed by atoms with van der Waals surface area (Å²) in [4.78, 5) is 11.5. The molecule has 1 N–H and O–H groups in total. The number of carbonyl (C=O) groups excluding carboxylic acids is 1. The molecular weight excluding hydrogens is 232 g/mol. The second-order valence-corrected chi connectivity index (χ2v) is 4.59. The smallest absolute Gasteiger partial charge is 0.311 e. The Labute approximate surface area is 108 Å². The highest BCUT2D eigenvalue weighted by Crippen LogP contribution is 2.27. The Bertz CT molecular complexity index is 412. The Hall–Kier alpha value is -1.55. The van der Waals surface area contributed by atoms with E-state index < -0.39 is 17.5 Å². The number of hydrogen-bond donors (Lipinski definition) is 1. The van der Waals surface area contributed by atoms with E-state index in [-0.39, 0.29) is 0 Å². The summed E-state index contributed by atoms with van der Waals surface area (Å²) in [5.41, 5.74) is -0.317. The highest BCUT2D eigenvalue weighted by Gasteiger charge is 2.35. The van der Waals surface area contributed by atoms with Gasteiger partial charge in [0.2, 0.25) is 0 Å². The van der Waals surface area contributed by atoms with Crippen LogP contribution in [-0.4, -0.2) is 30.9 Å². The summed E-state index contributed by atoms with van der Waals surface area (Å²) < 4.78 is 9.89. The summed E-state index contributed by atoms with van der Waals surface area (Å²) in [6, 6.07) is 7.43. The number of rotatable bonds is 5. The van der Waals surface area contributed by atoms with Crippen LogP contribution in [0.5, 0.6) is 5.75 Å². The minimum Gasteiger partial charge on any atom is -0.496 e. The van der Waals surface area contributed by atoms with E-state index in [2.05, 4.69) is 4.74 Å². The number of ether oxygens (including phenoxy) is 2. The zero-order valence-corrected chi connectivity index (χ0v) is 11.3. The summed E-state index contributed by atoms with van der Waals surface area (Å²) in [5, 5.41) is 10.4. The van der Waals surface area contributed by atoms with Gasteiger partial charge in [-0.15, -0.1) is 0 Å². The van der Waals surface area contributed by atoms with E-state index in [1.807, 2.05) is 24.3 Å². The molecule has 100 valence electrons. The van der Waals surface area contributed by atoms with Crippen molar-refractivity contribution in [2.75, 3.05) is 14.2 Å². The largest absolute Gasteiger partial charge is 0.496 e. The molecule has 1 aromatic rings. The summed E-state index contributed by atoms with van der Waals surface area (Å²) in [7, 11) is 2.90. The third kappa shape index (κ3) is 3.23. The standard InChI is InChI=1S/C14H20O4/c1-10(13(15)18-4)14(2,16)9-11-7-5-6-8-12(11)17-3/h5-8,10,16H,9H2,1-4H3. The van der Waals surface area contributed by atoms with Crippen LogP contribution in [0.1, 0.15) is 19.4 Å². The van der Waals surface area contributed by atoms with Crippen LogP contribution in [-0.2, 0) is 16.0 Å². The van der Waals surface area contributed by atoms with E-state index in [4.69, 9.17) is 4.74 Å². The first kappa shape index (κ1) is 14.5. The molecule has 0 fully saturated rings. The minimum atomic E-state index is -1.18. The second-order valence-electron chi connectivity index (χ2n) is 4.59. The first-order chi connectivity index (χ1) is 8.42. The van der Waals surface area contributed by atoms with Crippen LogP contribution in [0.25, 0.3) is 0 Å². The number of hydrogen-bond acceptors (Lipinski definition) is 4. The molecule has 4 heteroatoms. The lowest BCUT2D eigenvalue weighted by atomic mass is 9.84. The predicted octanol–water partition coefficient (Wildman–Crippen LogP) is 1.80. The van der Waals surface area contributed by atoms with Gasteiger partial charge in [-0.25, -0.2) is 0 Å². The molecule has 18 heavy (non-hydrogen) atoms. The van der Waals surface area contributed by atoms with Crippen LogP contribution in [0.4, 0.5) is 0 Å². The lowest BCUT2D eigenvalue weighted by Gasteiger charge is -2.29. The first-order valence-electron chi connectivity index (χ1n) is 5.84. The Morgan fingerprint density at radius 2 is 2.00 bits per heavy atom. The molecule has 0 heterocycles. The van der Waals surface area contributed by atoms with Crippen molar-refractivity contribution in [3.63, 3.8) is 0 Å². The van der Waals surface area contributed by atoms with Gasteiger partial charge in [0.15, 0.2) is 0 Å². The van der Waals surface area contributed by atoms with Crippen LogP contribution in [0.3, 0.4) is 0 Å². The third-order valence-electron chi connectivity index (χ3n) is 3.23. The lowest BCUT2D eigenvalue weighted by molar-refractivity contribution is -0.153. The normalized spacial score (nSPS) is 15.6. The molecule has 0 radical (unpaired) electrons. The van der Waals surface area contributed by atoms with Crippen LogP contribution in [0.2, 0.25) is 0 Å². The molecule has 2 unspecified atom stereocenters. The maximum atomic E-state index is 11.5. The molecule has 0 bridgehead atoms. The van der Waals surface area contributed by atoms with Gasteiger partial charge >= 0.3 is 5.97 Å². The van der Waals surface area contributed by atoms with Gasteiger partial charge in [-0.3, -0.25) is 4.79 Å². The van der Waals surface area contributed by atoms with Gasteiger partial charge in [-0.05, 0) is 25.5 Å². The number of benzene rings is 1. The van der Waals surface area contributed by atoms with E-state index in [0.29, 0.717) is 12.2 Å². The highest BCUT2D eigenvalue weighted by molar-refractivity contribution is 5.73. The van der Waals surface area contributed by atoms with Gasteiger partial charge in [-0.2, -0.15) is 0 Å². The minimum absolute atomic E-state index is 0.327. The third-order valence-corrected chi connectivity index (χ3v) is 3.23. The van der Waals surface area contributed by atoms with Crippen molar-refractivity contribution in [1.82, 2.24) is 0 Å². The molecule has 0 saturated carbocycles.